The highest BCUT2D eigenvalue weighted by molar-refractivity contribution is 5.85. The lowest BCUT2D eigenvalue weighted by Gasteiger charge is -2.42. The second kappa shape index (κ2) is 5.40. The van der Waals surface area contributed by atoms with E-state index in [9.17, 15) is 9.18 Å². The topological polar surface area (TPSA) is 60.2 Å². The van der Waals surface area contributed by atoms with E-state index in [1.165, 1.54) is 24.3 Å². The van der Waals surface area contributed by atoms with Crippen LogP contribution in [-0.4, -0.2) is 44.5 Å². The molecule has 1 aliphatic rings. The Morgan fingerprint density at radius 3 is 2.59 bits per heavy atom. The van der Waals surface area contributed by atoms with Crippen LogP contribution in [0, 0.1) is 5.82 Å². The molecule has 0 saturated carbocycles. The van der Waals surface area contributed by atoms with Crippen LogP contribution >= 0.6 is 0 Å². The van der Waals surface area contributed by atoms with Crippen molar-refractivity contribution in [1.82, 2.24) is 19.9 Å². The smallest absolute Gasteiger partial charge is 0.266 e. The van der Waals surface area contributed by atoms with E-state index < -0.39 is 5.60 Å². The molecule has 1 fully saturated rings. The molecule has 0 bridgehead atoms. The summed E-state index contributed by atoms with van der Waals surface area (Å²) in [7, 11) is 0. The lowest BCUT2D eigenvalue weighted by molar-refractivity contribution is -0.151. The minimum Gasteiger partial charge on any atom is -0.478 e. The summed E-state index contributed by atoms with van der Waals surface area (Å²) in [5, 5.41) is 7.69. The summed E-state index contributed by atoms with van der Waals surface area (Å²) in [5.74, 6) is 0.0242. The number of carbonyl (C=O) groups is 1. The van der Waals surface area contributed by atoms with E-state index in [2.05, 4.69) is 10.3 Å². The van der Waals surface area contributed by atoms with Crippen LogP contribution < -0.4 is 4.74 Å². The van der Waals surface area contributed by atoms with E-state index in [0.717, 1.165) is 0 Å². The zero-order valence-corrected chi connectivity index (χ0v) is 12.4. The highest BCUT2D eigenvalue weighted by atomic mass is 19.1. The van der Waals surface area contributed by atoms with E-state index in [1.807, 2.05) is 0 Å². The van der Waals surface area contributed by atoms with Gasteiger partial charge in [-0.05, 0) is 38.1 Å². The van der Waals surface area contributed by atoms with Gasteiger partial charge in [0.2, 0.25) is 0 Å². The van der Waals surface area contributed by atoms with Crippen LogP contribution in [0.25, 0.3) is 0 Å². The zero-order chi connectivity index (χ0) is 15.7. The maximum Gasteiger partial charge on any atom is 0.266 e. The van der Waals surface area contributed by atoms with Gasteiger partial charge in [-0.1, -0.05) is 5.21 Å². The van der Waals surface area contributed by atoms with Crippen molar-refractivity contribution in [3.63, 3.8) is 0 Å². The van der Waals surface area contributed by atoms with Crippen LogP contribution in [0.4, 0.5) is 4.39 Å². The summed E-state index contributed by atoms with van der Waals surface area (Å²) in [6.07, 6.45) is 3.40. The lowest BCUT2D eigenvalue weighted by Crippen LogP contribution is -2.58. The fraction of sp³-hybridized carbons (Fsp3) is 0.400. The fourth-order valence-electron chi connectivity index (χ4n) is 2.42. The second-order valence-corrected chi connectivity index (χ2v) is 5.81. The molecular weight excluding hydrogens is 287 g/mol. The molecule has 1 amide bonds. The van der Waals surface area contributed by atoms with E-state index in [4.69, 9.17) is 4.74 Å². The molecule has 116 valence electrons. The van der Waals surface area contributed by atoms with Gasteiger partial charge in [-0.3, -0.25) is 4.79 Å². The number of carbonyl (C=O) groups excluding carboxylic acids is 1. The molecule has 1 aromatic heterocycles. The first-order valence-corrected chi connectivity index (χ1v) is 7.05. The molecular formula is C15H17FN4O2. The molecule has 6 nitrogen and oxygen atoms in total. The van der Waals surface area contributed by atoms with Crippen molar-refractivity contribution < 1.29 is 13.9 Å². The maximum atomic E-state index is 12.9. The monoisotopic (exact) mass is 304 g/mol. The number of aromatic nitrogens is 3. The van der Waals surface area contributed by atoms with Gasteiger partial charge in [0, 0.05) is 19.3 Å². The summed E-state index contributed by atoms with van der Waals surface area (Å²) in [5.41, 5.74) is -1.01. The molecule has 2 aromatic rings. The van der Waals surface area contributed by atoms with Crippen LogP contribution in [0.1, 0.15) is 19.9 Å². The Kier molecular flexibility index (Phi) is 3.56. The van der Waals surface area contributed by atoms with Crippen molar-refractivity contribution in [2.24, 2.45) is 0 Å². The van der Waals surface area contributed by atoms with Crippen LogP contribution in [0.5, 0.6) is 5.75 Å². The average molecular weight is 304 g/mol. The van der Waals surface area contributed by atoms with Gasteiger partial charge >= 0.3 is 0 Å². The molecule has 1 aliphatic heterocycles. The third-order valence-electron chi connectivity index (χ3n) is 3.67. The van der Waals surface area contributed by atoms with Crippen molar-refractivity contribution in [2.45, 2.75) is 25.5 Å². The van der Waals surface area contributed by atoms with Gasteiger partial charge in [0.15, 0.2) is 5.60 Å². The quantitative estimate of drug-likeness (QED) is 0.862. The third kappa shape index (κ3) is 2.79. The first-order chi connectivity index (χ1) is 10.5. The number of benzene rings is 1. The largest absolute Gasteiger partial charge is 0.478 e. The molecule has 0 N–H and O–H groups in total. The molecule has 1 saturated heterocycles. The summed E-state index contributed by atoms with van der Waals surface area (Å²) in [6.45, 7) is 4.58. The summed E-state index contributed by atoms with van der Waals surface area (Å²) >= 11 is 0. The Bertz CT molecular complexity index is 649. The van der Waals surface area contributed by atoms with Gasteiger partial charge in [-0.25, -0.2) is 9.07 Å². The molecule has 0 radical (unpaired) electrons. The Morgan fingerprint density at radius 1 is 1.32 bits per heavy atom. The second-order valence-electron chi connectivity index (χ2n) is 5.81. The number of hydrogen-bond acceptors (Lipinski definition) is 4. The molecule has 22 heavy (non-hydrogen) atoms. The number of ether oxygens (including phenoxy) is 1. The predicted octanol–water partition coefficient (Wildman–Crippen LogP) is 1.66. The van der Waals surface area contributed by atoms with Crippen LogP contribution in [0.15, 0.2) is 36.7 Å². The number of nitrogens with zero attached hydrogens (tertiary/aromatic N) is 4. The van der Waals surface area contributed by atoms with Crippen molar-refractivity contribution in [1.29, 1.82) is 0 Å². The highest BCUT2D eigenvalue weighted by Gasteiger charge is 2.41. The molecule has 7 heteroatoms. The molecule has 2 heterocycles. The van der Waals surface area contributed by atoms with Gasteiger partial charge in [0.05, 0.1) is 12.2 Å². The Hall–Kier alpha value is -2.44. The maximum absolute atomic E-state index is 12.9. The lowest BCUT2D eigenvalue weighted by atomic mass is 10.0. The van der Waals surface area contributed by atoms with E-state index >= 15 is 0 Å². The van der Waals surface area contributed by atoms with Crippen LogP contribution in [-0.2, 0) is 4.79 Å². The number of likely N-dealkylation sites (tertiary alicyclic amines) is 1. The minimum absolute atomic E-state index is 0.104. The summed E-state index contributed by atoms with van der Waals surface area (Å²) in [4.78, 5) is 14.2. The number of halogens is 1. The first kappa shape index (κ1) is 14.5. The number of hydrogen-bond donors (Lipinski definition) is 0. The van der Waals surface area contributed by atoms with Gasteiger partial charge in [0.25, 0.3) is 5.91 Å². The normalized spacial score (nSPS) is 15.5. The van der Waals surface area contributed by atoms with Crippen LogP contribution in [0.3, 0.4) is 0 Å². The number of rotatable bonds is 4. The highest BCUT2D eigenvalue weighted by Crippen LogP contribution is 2.26. The van der Waals surface area contributed by atoms with Crippen molar-refractivity contribution in [2.75, 3.05) is 13.1 Å². The summed E-state index contributed by atoms with van der Waals surface area (Å²) in [6, 6.07) is 5.80. The molecule has 0 atom stereocenters. The van der Waals surface area contributed by atoms with E-state index in [0.29, 0.717) is 18.8 Å². The third-order valence-corrected chi connectivity index (χ3v) is 3.67. The Balaban J connectivity index is 1.60. The standard InChI is InChI=1S/C15H17FN4O2/c1-15(2,22-13-5-3-11(16)4-6-13)14(21)19-9-12(10-19)20-8-7-17-18-20/h3-8,12H,9-10H2,1-2H3. The van der Waals surface area contributed by atoms with E-state index in [1.54, 1.807) is 35.8 Å². The number of amides is 1. The van der Waals surface area contributed by atoms with Crippen molar-refractivity contribution in [3.05, 3.63) is 42.5 Å². The Labute approximate surface area is 127 Å². The average Bonchev–Trinajstić information content (AvgIpc) is 2.93. The van der Waals surface area contributed by atoms with Gasteiger partial charge in [-0.15, -0.1) is 5.10 Å². The van der Waals surface area contributed by atoms with Gasteiger partial charge < -0.3 is 9.64 Å². The first-order valence-electron chi connectivity index (χ1n) is 7.05. The van der Waals surface area contributed by atoms with Crippen molar-refractivity contribution in [3.8, 4) is 5.75 Å². The van der Waals surface area contributed by atoms with E-state index in [-0.39, 0.29) is 17.8 Å². The SMILES string of the molecule is CC(C)(Oc1ccc(F)cc1)C(=O)N1CC(n2ccnn2)C1. The van der Waals surface area contributed by atoms with Crippen LogP contribution in [0.2, 0.25) is 0 Å². The van der Waals surface area contributed by atoms with Gasteiger partial charge in [-0.2, -0.15) is 0 Å². The Morgan fingerprint density at radius 2 is 2.00 bits per heavy atom. The molecule has 0 unspecified atom stereocenters. The minimum atomic E-state index is -1.01. The molecule has 0 spiro atoms. The van der Waals surface area contributed by atoms with Crippen molar-refractivity contribution >= 4 is 5.91 Å². The predicted molar refractivity (Wildman–Crippen MR) is 76.7 cm³/mol. The zero-order valence-electron chi connectivity index (χ0n) is 12.4. The molecule has 0 aliphatic carbocycles. The summed E-state index contributed by atoms with van der Waals surface area (Å²) < 4.78 is 20.4. The fourth-order valence-corrected chi connectivity index (χ4v) is 2.42. The molecule has 1 aromatic carbocycles. The molecule has 3 rings (SSSR count). The van der Waals surface area contributed by atoms with Gasteiger partial charge in [0.1, 0.15) is 11.6 Å².